The van der Waals surface area contributed by atoms with E-state index in [9.17, 15) is 18.0 Å². The zero-order chi connectivity index (χ0) is 19.9. The van der Waals surface area contributed by atoms with Crippen LogP contribution in [0.5, 0.6) is 5.88 Å². The third-order valence-corrected chi connectivity index (χ3v) is 3.99. The second kappa shape index (κ2) is 11.3. The lowest BCUT2D eigenvalue weighted by molar-refractivity contribution is -0.138. The van der Waals surface area contributed by atoms with Crippen molar-refractivity contribution in [2.24, 2.45) is 4.99 Å². The Morgan fingerprint density at radius 3 is 2.75 bits per heavy atom. The predicted molar refractivity (Wildman–Crippen MR) is 110 cm³/mol. The minimum atomic E-state index is -4.42. The molecule has 1 fully saturated rings. The zero-order valence-corrected chi connectivity index (χ0v) is 18.1. The van der Waals surface area contributed by atoms with E-state index in [0.29, 0.717) is 32.0 Å². The van der Waals surface area contributed by atoms with Gasteiger partial charge in [-0.25, -0.2) is 9.98 Å². The number of guanidine groups is 1. The van der Waals surface area contributed by atoms with Gasteiger partial charge in [0, 0.05) is 44.9 Å². The van der Waals surface area contributed by atoms with Gasteiger partial charge in [0.2, 0.25) is 11.8 Å². The Kier molecular flexibility index (Phi) is 9.76. The van der Waals surface area contributed by atoms with E-state index in [1.165, 1.54) is 6.07 Å². The molecule has 0 spiro atoms. The van der Waals surface area contributed by atoms with Gasteiger partial charge in [-0.1, -0.05) is 0 Å². The van der Waals surface area contributed by atoms with Crippen LogP contribution in [0.2, 0.25) is 0 Å². The van der Waals surface area contributed by atoms with E-state index in [1.807, 2.05) is 6.92 Å². The Hall–Kier alpha value is -1.79. The highest BCUT2D eigenvalue weighted by Gasteiger charge is 2.30. The van der Waals surface area contributed by atoms with E-state index in [-0.39, 0.29) is 48.4 Å². The molecule has 1 aromatic rings. The van der Waals surface area contributed by atoms with E-state index in [0.717, 1.165) is 18.7 Å². The first kappa shape index (κ1) is 24.2. The van der Waals surface area contributed by atoms with Gasteiger partial charge in [0.05, 0.1) is 12.1 Å². The molecule has 2 heterocycles. The number of pyridine rings is 1. The smallest absolute Gasteiger partial charge is 0.417 e. The maximum absolute atomic E-state index is 12.5. The van der Waals surface area contributed by atoms with Crippen LogP contribution in [0.1, 0.15) is 25.3 Å². The van der Waals surface area contributed by atoms with Crippen molar-refractivity contribution < 1.29 is 22.7 Å². The number of rotatable bonds is 6. The highest BCUT2D eigenvalue weighted by molar-refractivity contribution is 14.0. The van der Waals surface area contributed by atoms with Gasteiger partial charge in [-0.05, 0) is 19.4 Å². The van der Waals surface area contributed by atoms with Gasteiger partial charge < -0.3 is 20.3 Å². The lowest BCUT2D eigenvalue weighted by Gasteiger charge is -2.31. The Bertz CT molecular complexity index is 655. The Balaban J connectivity index is 0.00000392. The SMILES string of the molecule is CCNC(=NCCOc1ccc(C(F)(F)F)cn1)NC1CCC(=O)N(C)C1.I. The summed E-state index contributed by atoms with van der Waals surface area (Å²) >= 11 is 0. The molecule has 0 aliphatic carbocycles. The summed E-state index contributed by atoms with van der Waals surface area (Å²) in [6, 6.07) is 2.23. The van der Waals surface area contributed by atoms with Crippen molar-refractivity contribution in [2.45, 2.75) is 32.0 Å². The van der Waals surface area contributed by atoms with E-state index < -0.39 is 11.7 Å². The largest absolute Gasteiger partial charge is 0.476 e. The van der Waals surface area contributed by atoms with Gasteiger partial charge in [-0.15, -0.1) is 24.0 Å². The number of ether oxygens (including phenoxy) is 1. The summed E-state index contributed by atoms with van der Waals surface area (Å²) in [5.74, 6) is 0.852. The number of hydrogen-bond donors (Lipinski definition) is 2. The number of nitrogens with one attached hydrogen (secondary N) is 2. The fourth-order valence-corrected chi connectivity index (χ4v) is 2.58. The van der Waals surface area contributed by atoms with E-state index in [2.05, 4.69) is 20.6 Å². The molecule has 1 aromatic heterocycles. The number of likely N-dealkylation sites (N-methyl/N-ethyl adjacent to an activating group) is 1. The van der Waals surface area contributed by atoms with Crippen LogP contribution >= 0.6 is 24.0 Å². The summed E-state index contributed by atoms with van der Waals surface area (Å²) in [5, 5.41) is 6.40. The van der Waals surface area contributed by atoms with Crippen molar-refractivity contribution in [1.29, 1.82) is 0 Å². The van der Waals surface area contributed by atoms with Crippen LogP contribution in [-0.2, 0) is 11.0 Å². The van der Waals surface area contributed by atoms with Crippen molar-refractivity contribution in [3.63, 3.8) is 0 Å². The molecule has 1 saturated heterocycles. The minimum Gasteiger partial charge on any atom is -0.476 e. The summed E-state index contributed by atoms with van der Waals surface area (Å²) in [6.07, 6.45) is -2.44. The van der Waals surface area contributed by atoms with Gasteiger partial charge in [0.25, 0.3) is 0 Å². The molecule has 2 N–H and O–H groups in total. The number of piperidine rings is 1. The van der Waals surface area contributed by atoms with Crippen LogP contribution in [0.3, 0.4) is 0 Å². The number of aliphatic imine (C=N–C) groups is 1. The molecule has 2 rings (SSSR count). The van der Waals surface area contributed by atoms with Crippen LogP contribution in [0.4, 0.5) is 13.2 Å². The lowest BCUT2D eigenvalue weighted by Crippen LogP contribution is -2.51. The molecule has 0 radical (unpaired) electrons. The molecule has 7 nitrogen and oxygen atoms in total. The molecule has 1 aliphatic heterocycles. The topological polar surface area (TPSA) is 78.9 Å². The van der Waals surface area contributed by atoms with Gasteiger partial charge >= 0.3 is 6.18 Å². The summed E-state index contributed by atoms with van der Waals surface area (Å²) in [6.45, 7) is 3.71. The molecule has 0 saturated carbocycles. The first-order chi connectivity index (χ1) is 12.8. The molecule has 11 heteroatoms. The van der Waals surface area contributed by atoms with Crippen LogP contribution in [0.15, 0.2) is 23.3 Å². The van der Waals surface area contributed by atoms with Crippen molar-refractivity contribution in [1.82, 2.24) is 20.5 Å². The number of hydrogen-bond acceptors (Lipinski definition) is 4. The van der Waals surface area contributed by atoms with Crippen molar-refractivity contribution in [2.75, 3.05) is 33.3 Å². The maximum atomic E-state index is 12.5. The standard InChI is InChI=1S/C17H24F3N5O2.HI/c1-3-21-16(24-13-5-7-15(26)25(2)11-13)22-8-9-27-14-6-4-12(10-23-14)17(18,19)20;/h4,6,10,13H,3,5,7-9,11H2,1-2H3,(H2,21,22,24);1H. The number of alkyl halides is 3. The van der Waals surface area contributed by atoms with Gasteiger partial charge in [0.15, 0.2) is 5.96 Å². The fourth-order valence-electron chi connectivity index (χ4n) is 2.58. The van der Waals surface area contributed by atoms with Crippen LogP contribution in [0.25, 0.3) is 0 Å². The number of amides is 1. The van der Waals surface area contributed by atoms with Gasteiger partial charge in [0.1, 0.15) is 6.61 Å². The monoisotopic (exact) mass is 515 g/mol. The third kappa shape index (κ3) is 7.68. The Morgan fingerprint density at radius 2 is 2.18 bits per heavy atom. The van der Waals surface area contributed by atoms with Crippen LogP contribution in [0, 0.1) is 0 Å². The van der Waals surface area contributed by atoms with Crippen LogP contribution in [-0.4, -0.2) is 61.1 Å². The molecule has 1 atom stereocenters. The molecular weight excluding hydrogens is 490 g/mol. The predicted octanol–water partition coefficient (Wildman–Crippen LogP) is 2.27. The van der Waals surface area contributed by atoms with E-state index in [1.54, 1.807) is 11.9 Å². The maximum Gasteiger partial charge on any atom is 0.417 e. The fraction of sp³-hybridized carbons (Fsp3) is 0.588. The Morgan fingerprint density at radius 1 is 1.43 bits per heavy atom. The number of halogens is 4. The molecule has 1 unspecified atom stereocenters. The van der Waals surface area contributed by atoms with Gasteiger partial charge in [-0.2, -0.15) is 13.2 Å². The molecule has 0 aromatic carbocycles. The van der Waals surface area contributed by atoms with Crippen molar-refractivity contribution >= 4 is 35.8 Å². The normalized spacial score (nSPS) is 17.8. The summed E-state index contributed by atoms with van der Waals surface area (Å²) in [5.41, 5.74) is -0.817. The molecular formula is C17H25F3IN5O2. The summed E-state index contributed by atoms with van der Waals surface area (Å²) in [4.78, 5) is 21.3. The quantitative estimate of drug-likeness (QED) is 0.263. The number of carbonyl (C=O) groups excluding carboxylic acids is 1. The highest BCUT2D eigenvalue weighted by atomic mass is 127. The second-order valence-corrected chi connectivity index (χ2v) is 6.15. The Labute approximate surface area is 179 Å². The second-order valence-electron chi connectivity index (χ2n) is 6.15. The third-order valence-electron chi connectivity index (χ3n) is 3.99. The summed E-state index contributed by atoms with van der Waals surface area (Å²) < 4.78 is 42.8. The highest BCUT2D eigenvalue weighted by Crippen LogP contribution is 2.29. The minimum absolute atomic E-state index is 0. The van der Waals surface area contributed by atoms with E-state index >= 15 is 0 Å². The van der Waals surface area contributed by atoms with E-state index in [4.69, 9.17) is 4.74 Å². The molecule has 1 amide bonds. The molecule has 1 aliphatic rings. The molecule has 158 valence electrons. The number of carbonyl (C=O) groups is 1. The molecule has 28 heavy (non-hydrogen) atoms. The molecule has 0 bridgehead atoms. The average Bonchev–Trinajstić information content (AvgIpc) is 2.61. The number of nitrogens with zero attached hydrogens (tertiary/aromatic N) is 3. The number of likely N-dealkylation sites (tertiary alicyclic amines) is 1. The first-order valence-electron chi connectivity index (χ1n) is 8.74. The van der Waals surface area contributed by atoms with Crippen molar-refractivity contribution in [3.8, 4) is 5.88 Å². The van der Waals surface area contributed by atoms with Gasteiger partial charge in [-0.3, -0.25) is 4.79 Å². The number of aromatic nitrogens is 1. The average molecular weight is 515 g/mol. The van der Waals surface area contributed by atoms with Crippen LogP contribution < -0.4 is 15.4 Å². The zero-order valence-electron chi connectivity index (χ0n) is 15.8. The van der Waals surface area contributed by atoms with Crippen molar-refractivity contribution in [3.05, 3.63) is 23.9 Å². The first-order valence-corrected chi connectivity index (χ1v) is 8.74. The lowest BCUT2D eigenvalue weighted by atomic mass is 10.1. The summed E-state index contributed by atoms with van der Waals surface area (Å²) in [7, 11) is 1.77.